The lowest BCUT2D eigenvalue weighted by atomic mass is 10.0. The first-order valence-electron chi connectivity index (χ1n) is 40.7. The van der Waals surface area contributed by atoms with Crippen LogP contribution in [0.5, 0.6) is 0 Å². The van der Waals surface area contributed by atoms with Crippen molar-refractivity contribution in [3.63, 3.8) is 0 Å². The van der Waals surface area contributed by atoms with Gasteiger partial charge in [0.1, 0.15) is 0 Å². The topological polar surface area (TPSA) is 102 Å². The maximum atomic E-state index is 5.46. The third-order valence-electron chi connectivity index (χ3n) is 24.0. The molecule has 0 aliphatic carbocycles. The third kappa shape index (κ3) is 11.3. The average molecular weight is 1530 g/mol. The van der Waals surface area contributed by atoms with Gasteiger partial charge in [0.05, 0.1) is 55.2 Å². The van der Waals surface area contributed by atoms with Gasteiger partial charge >= 0.3 is 0 Å². The molecule has 0 spiro atoms. The van der Waals surface area contributed by atoms with E-state index in [1.165, 1.54) is 54.5 Å². The number of hydrogen-bond donors (Lipinski definition) is 0. The second-order valence-electron chi connectivity index (χ2n) is 31.0. The number of benzene rings is 17. The van der Waals surface area contributed by atoms with Crippen molar-refractivity contribution in [2.45, 2.75) is 6.42 Å². The maximum Gasteiger partial charge on any atom is 0.164 e. The van der Waals surface area contributed by atoms with Crippen molar-refractivity contribution in [3.8, 4) is 108 Å². The first kappa shape index (κ1) is 68.2. The fraction of sp³-hybridized carbons (Fsp3) is 0.00917. The van der Waals surface area contributed by atoms with E-state index in [-0.39, 0.29) is 0 Å². The molecular formula is C109H69N11. The summed E-state index contributed by atoms with van der Waals surface area (Å²) in [7, 11) is 0. The summed E-state index contributed by atoms with van der Waals surface area (Å²) in [6.45, 7) is 0. The van der Waals surface area contributed by atoms with Crippen molar-refractivity contribution in [2.24, 2.45) is 0 Å². The molecule has 0 aliphatic rings. The molecule has 0 fully saturated rings. The predicted molar refractivity (Wildman–Crippen MR) is 492 cm³/mol. The summed E-state index contributed by atoms with van der Waals surface area (Å²) in [5.74, 6) is 3.59. The summed E-state index contributed by atoms with van der Waals surface area (Å²) in [4.78, 5) is 31.7. The number of hydrogen-bond acceptors (Lipinski definition) is 6. The van der Waals surface area contributed by atoms with Crippen LogP contribution in [0, 0.1) is 0 Å². The smallest absolute Gasteiger partial charge is 0.164 e. The summed E-state index contributed by atoms with van der Waals surface area (Å²) in [5.41, 5.74) is 26.6. The van der Waals surface area contributed by atoms with E-state index in [0.717, 1.165) is 145 Å². The Labute approximate surface area is 689 Å². The van der Waals surface area contributed by atoms with E-state index in [1.54, 1.807) is 0 Å². The molecule has 0 atom stereocenters. The monoisotopic (exact) mass is 1530 g/mol. The molecule has 24 rings (SSSR count). The first-order valence-corrected chi connectivity index (χ1v) is 40.7. The van der Waals surface area contributed by atoms with Crippen molar-refractivity contribution in [3.05, 3.63) is 418 Å². The zero-order valence-electron chi connectivity index (χ0n) is 64.8. The second-order valence-corrected chi connectivity index (χ2v) is 31.0. The number of para-hydroxylation sites is 7. The average Bonchev–Trinajstić information content (AvgIpc) is 1.57. The Kier molecular flexibility index (Phi) is 15.8. The summed E-state index contributed by atoms with van der Waals surface area (Å²) in [6.07, 6.45) is 0.730. The van der Waals surface area contributed by atoms with Crippen molar-refractivity contribution >= 4 is 109 Å². The minimum absolute atomic E-state index is 0.575. The maximum absolute atomic E-state index is 5.46. The Hall–Kier alpha value is -16.2. The molecule has 0 unspecified atom stereocenters. The lowest BCUT2D eigenvalue weighted by Gasteiger charge is -2.15. The van der Waals surface area contributed by atoms with Gasteiger partial charge < -0.3 is 22.8 Å². The van der Waals surface area contributed by atoms with Crippen LogP contribution in [0.4, 0.5) is 0 Å². The molecule has 0 amide bonds. The van der Waals surface area contributed by atoms with Gasteiger partial charge in [0.15, 0.2) is 34.9 Å². The lowest BCUT2D eigenvalue weighted by Crippen LogP contribution is -2.02. The molecule has 0 aliphatic heterocycles. The molecule has 24 aromatic rings. The van der Waals surface area contributed by atoms with Crippen molar-refractivity contribution < 1.29 is 0 Å². The van der Waals surface area contributed by atoms with Gasteiger partial charge in [-0.15, -0.1) is 0 Å². The molecule has 0 N–H and O–H groups in total. The van der Waals surface area contributed by atoms with Gasteiger partial charge in [-0.25, -0.2) is 29.9 Å². The van der Waals surface area contributed by atoms with E-state index in [4.69, 9.17) is 29.9 Å². The van der Waals surface area contributed by atoms with Crippen LogP contribution < -0.4 is 0 Å². The van der Waals surface area contributed by atoms with Gasteiger partial charge in [-0.1, -0.05) is 249 Å². The molecule has 17 aromatic carbocycles. The summed E-state index contributed by atoms with van der Waals surface area (Å²) >= 11 is 0. The Bertz CT molecular complexity index is 8170. The van der Waals surface area contributed by atoms with E-state index in [9.17, 15) is 0 Å². The van der Waals surface area contributed by atoms with Crippen LogP contribution in [0.3, 0.4) is 0 Å². The quantitative estimate of drug-likeness (QED) is 0.107. The van der Waals surface area contributed by atoms with Gasteiger partial charge in [0, 0.05) is 116 Å². The van der Waals surface area contributed by atoms with E-state index < -0.39 is 0 Å². The number of rotatable bonds is 14. The van der Waals surface area contributed by atoms with E-state index in [2.05, 4.69) is 393 Å². The summed E-state index contributed by atoms with van der Waals surface area (Å²) < 4.78 is 11.9. The predicted octanol–water partition coefficient (Wildman–Crippen LogP) is 26.8. The molecule has 11 heteroatoms. The standard InChI is InChI=1S/C109H69N11/c1-5-25-71(26-6-1)77-63-78(109-114-105(73-29-9-3-10-30-73)113-108(115-109)76-52-58-101-91(66-76)87-36-16-21-41-96(87)116(101)79-31-11-4-12-32-79)65-83(64-77)120-99-44-24-18-38-89(99)93-68-82(56-60-103(93)120)119-98-43-23-15-35-86(98)90-62-70(47-57-100(90)119)61-69-45-48-74(49-46-69)106-110-104(72-27-7-2-8-28-72)111-107(112-106)75-50-53-80(54-51-75)117-97-42-22-17-37-88(97)92-67-81(55-59-102(92)117)118-94-39-19-13-33-84(94)85-34-14-20-40-95(85)118/h1-60,62-68H,61H2. The Balaban J connectivity index is 0.555. The fourth-order valence-electron chi connectivity index (χ4n) is 18.5. The van der Waals surface area contributed by atoms with Crippen LogP contribution in [0.1, 0.15) is 11.1 Å². The number of nitrogens with zero attached hydrogens (tertiary/aromatic N) is 11. The second kappa shape index (κ2) is 27.8. The normalized spacial score (nSPS) is 11.9. The Morgan fingerprint density at radius 2 is 0.408 bits per heavy atom. The minimum atomic E-state index is 0.575. The number of fused-ring (bicyclic) bond motifs is 15. The molecule has 7 heterocycles. The van der Waals surface area contributed by atoms with Gasteiger partial charge in [0.2, 0.25) is 0 Å². The summed E-state index contributed by atoms with van der Waals surface area (Å²) in [6, 6.07) is 145. The minimum Gasteiger partial charge on any atom is -0.309 e. The molecule has 0 saturated carbocycles. The van der Waals surface area contributed by atoms with Crippen LogP contribution in [0.2, 0.25) is 0 Å². The Morgan fingerprint density at radius 1 is 0.142 bits per heavy atom. The van der Waals surface area contributed by atoms with Crippen LogP contribution in [-0.2, 0) is 6.42 Å². The zero-order valence-corrected chi connectivity index (χ0v) is 64.8. The molecule has 0 saturated heterocycles. The number of aromatic nitrogens is 11. The van der Waals surface area contributed by atoms with Crippen LogP contribution in [0.25, 0.3) is 217 Å². The van der Waals surface area contributed by atoms with Crippen molar-refractivity contribution in [1.29, 1.82) is 0 Å². The zero-order chi connectivity index (χ0) is 78.9. The van der Waals surface area contributed by atoms with Crippen molar-refractivity contribution in [2.75, 3.05) is 0 Å². The van der Waals surface area contributed by atoms with Gasteiger partial charge in [0.25, 0.3) is 0 Å². The van der Waals surface area contributed by atoms with Crippen LogP contribution in [-0.4, -0.2) is 52.7 Å². The lowest BCUT2D eigenvalue weighted by molar-refractivity contribution is 1.07. The summed E-state index contributed by atoms with van der Waals surface area (Å²) in [5, 5.41) is 11.8. The van der Waals surface area contributed by atoms with E-state index >= 15 is 0 Å². The third-order valence-corrected chi connectivity index (χ3v) is 24.0. The highest BCUT2D eigenvalue weighted by atomic mass is 15.1. The van der Waals surface area contributed by atoms with Gasteiger partial charge in [-0.3, -0.25) is 0 Å². The Morgan fingerprint density at radius 3 is 0.850 bits per heavy atom. The van der Waals surface area contributed by atoms with Crippen molar-refractivity contribution in [1.82, 2.24) is 52.7 Å². The van der Waals surface area contributed by atoms with Gasteiger partial charge in [-0.2, -0.15) is 0 Å². The van der Waals surface area contributed by atoms with Crippen LogP contribution in [0.15, 0.2) is 406 Å². The van der Waals surface area contributed by atoms with E-state index in [1.807, 2.05) is 36.4 Å². The largest absolute Gasteiger partial charge is 0.309 e. The molecule has 0 radical (unpaired) electrons. The molecule has 7 aromatic heterocycles. The highest BCUT2D eigenvalue weighted by Crippen LogP contribution is 2.44. The molecule has 0 bridgehead atoms. The molecular weight excluding hydrogens is 1460 g/mol. The van der Waals surface area contributed by atoms with Gasteiger partial charge in [-0.05, 0) is 186 Å². The molecule has 560 valence electrons. The SMILES string of the molecule is c1ccc(-c2cc(-c3nc(-c4ccccc4)nc(-c4ccc5c(c4)c4ccccc4n5-c4ccccc4)n3)cc(-n3c4ccccc4c4cc(-n5c6ccccc6c6cc(Cc7ccc(-c8nc(-c9ccccc9)nc(-c9ccc(-n%10c%11ccccc%11c%11cc(-n%12c%13ccccc%13c%13ccccc%13%12)ccc%11%10)cc9)n8)cc7)ccc65)ccc43)c2)cc1. The fourth-order valence-corrected chi connectivity index (χ4v) is 18.5. The highest BCUT2D eigenvalue weighted by Gasteiger charge is 2.24. The van der Waals surface area contributed by atoms with Crippen LogP contribution >= 0.6 is 0 Å². The molecule has 120 heavy (non-hydrogen) atoms. The van der Waals surface area contributed by atoms with E-state index in [0.29, 0.717) is 34.9 Å². The first-order chi connectivity index (χ1) is 59.5. The highest BCUT2D eigenvalue weighted by molar-refractivity contribution is 6.15. The molecule has 11 nitrogen and oxygen atoms in total.